The number of nitriles is 1. The van der Waals surface area contributed by atoms with E-state index in [0.29, 0.717) is 11.5 Å². The van der Waals surface area contributed by atoms with Crippen LogP contribution in [0, 0.1) is 28.6 Å². The van der Waals surface area contributed by atoms with Crippen LogP contribution < -0.4 is 0 Å². The van der Waals surface area contributed by atoms with Crippen molar-refractivity contribution in [2.75, 3.05) is 7.05 Å². The lowest BCUT2D eigenvalue weighted by molar-refractivity contribution is 0.0711. The smallest absolute Gasteiger partial charge is 0.0672 e. The van der Waals surface area contributed by atoms with Crippen molar-refractivity contribution in [1.82, 2.24) is 4.90 Å². The van der Waals surface area contributed by atoms with Crippen molar-refractivity contribution >= 4 is 0 Å². The van der Waals surface area contributed by atoms with Gasteiger partial charge in [-0.3, -0.25) is 4.90 Å². The average Bonchev–Trinajstić information content (AvgIpc) is 3.09. The molecule has 0 aromatic heterocycles. The highest BCUT2D eigenvalue weighted by molar-refractivity contribution is 5.01. The minimum atomic E-state index is 0.263. The zero-order chi connectivity index (χ0) is 12.6. The molecular formula is C15H26N2. The predicted octanol–water partition coefficient (Wildman–Crippen LogP) is 3.44. The van der Waals surface area contributed by atoms with Gasteiger partial charge in [0.05, 0.1) is 12.0 Å². The molecule has 0 saturated heterocycles. The summed E-state index contributed by atoms with van der Waals surface area (Å²) in [6.07, 6.45) is 6.22. The van der Waals surface area contributed by atoms with E-state index in [2.05, 4.69) is 38.8 Å². The van der Waals surface area contributed by atoms with Gasteiger partial charge < -0.3 is 0 Å². The fraction of sp³-hybridized carbons (Fsp3) is 0.933. The summed E-state index contributed by atoms with van der Waals surface area (Å²) in [6.45, 7) is 7.04. The van der Waals surface area contributed by atoms with Gasteiger partial charge in [0, 0.05) is 12.1 Å². The van der Waals surface area contributed by atoms with E-state index in [4.69, 9.17) is 0 Å². The van der Waals surface area contributed by atoms with Crippen LogP contribution in [-0.4, -0.2) is 24.0 Å². The largest absolute Gasteiger partial charge is 0.299 e. The molecule has 0 spiro atoms. The number of rotatable bonds is 2. The molecule has 0 amide bonds. The molecule has 17 heavy (non-hydrogen) atoms. The van der Waals surface area contributed by atoms with Gasteiger partial charge in [0.25, 0.3) is 0 Å². The van der Waals surface area contributed by atoms with Crippen LogP contribution in [0.4, 0.5) is 0 Å². The van der Waals surface area contributed by atoms with Crippen molar-refractivity contribution < 1.29 is 0 Å². The molecule has 2 aliphatic rings. The molecule has 0 aromatic carbocycles. The van der Waals surface area contributed by atoms with Gasteiger partial charge in [-0.2, -0.15) is 5.26 Å². The SMILES string of the molecule is CN(C1CC1)C1CC(C(C)(C)C)CCC1C#N. The van der Waals surface area contributed by atoms with E-state index in [9.17, 15) is 5.26 Å². The third-order valence-electron chi connectivity index (χ3n) is 4.85. The second-order valence-corrected chi connectivity index (χ2v) is 7.08. The summed E-state index contributed by atoms with van der Waals surface area (Å²) in [4.78, 5) is 2.51. The maximum Gasteiger partial charge on any atom is 0.0672 e. The first-order valence-corrected chi connectivity index (χ1v) is 7.05. The van der Waals surface area contributed by atoms with Crippen LogP contribution in [0.2, 0.25) is 0 Å². The van der Waals surface area contributed by atoms with Crippen molar-refractivity contribution in [2.45, 2.75) is 65.0 Å². The maximum absolute atomic E-state index is 9.32. The minimum absolute atomic E-state index is 0.263. The van der Waals surface area contributed by atoms with Crippen LogP contribution in [0.3, 0.4) is 0 Å². The molecule has 2 nitrogen and oxygen atoms in total. The lowest BCUT2D eigenvalue weighted by Crippen LogP contribution is -2.45. The minimum Gasteiger partial charge on any atom is -0.299 e. The molecule has 3 unspecified atom stereocenters. The predicted molar refractivity (Wildman–Crippen MR) is 70.5 cm³/mol. The van der Waals surface area contributed by atoms with E-state index in [1.807, 2.05) is 0 Å². The topological polar surface area (TPSA) is 27.0 Å². The molecular weight excluding hydrogens is 208 g/mol. The number of hydrogen-bond acceptors (Lipinski definition) is 2. The highest BCUT2D eigenvalue weighted by Gasteiger charge is 2.41. The maximum atomic E-state index is 9.32. The molecule has 0 radical (unpaired) electrons. The van der Waals surface area contributed by atoms with Gasteiger partial charge in [-0.15, -0.1) is 0 Å². The van der Waals surface area contributed by atoms with E-state index >= 15 is 0 Å². The van der Waals surface area contributed by atoms with Crippen LogP contribution in [0.1, 0.15) is 52.9 Å². The molecule has 0 bridgehead atoms. The summed E-state index contributed by atoms with van der Waals surface area (Å²) in [5.74, 6) is 1.04. The Labute approximate surface area is 106 Å². The van der Waals surface area contributed by atoms with Gasteiger partial charge in [-0.1, -0.05) is 20.8 Å². The summed E-state index contributed by atoms with van der Waals surface area (Å²) in [7, 11) is 2.23. The summed E-state index contributed by atoms with van der Waals surface area (Å²) < 4.78 is 0. The fourth-order valence-electron chi connectivity index (χ4n) is 3.29. The van der Waals surface area contributed by atoms with E-state index in [-0.39, 0.29) is 5.92 Å². The lowest BCUT2D eigenvalue weighted by atomic mass is 9.68. The van der Waals surface area contributed by atoms with Gasteiger partial charge >= 0.3 is 0 Å². The van der Waals surface area contributed by atoms with Crippen LogP contribution in [-0.2, 0) is 0 Å². The second kappa shape index (κ2) is 4.61. The van der Waals surface area contributed by atoms with Gasteiger partial charge in [0.1, 0.15) is 0 Å². The molecule has 2 fully saturated rings. The molecule has 0 aliphatic heterocycles. The Hall–Kier alpha value is -0.550. The van der Waals surface area contributed by atoms with Crippen LogP contribution in [0.25, 0.3) is 0 Å². The molecule has 96 valence electrons. The zero-order valence-corrected chi connectivity index (χ0v) is 11.7. The van der Waals surface area contributed by atoms with E-state index in [1.165, 1.54) is 25.7 Å². The Morgan fingerprint density at radius 1 is 1.12 bits per heavy atom. The van der Waals surface area contributed by atoms with Crippen molar-refractivity contribution in [3.8, 4) is 6.07 Å². The highest BCUT2D eigenvalue weighted by atomic mass is 15.2. The Bertz CT molecular complexity index is 306. The third-order valence-corrected chi connectivity index (χ3v) is 4.85. The second-order valence-electron chi connectivity index (χ2n) is 7.08. The molecule has 0 N–H and O–H groups in total. The molecule has 0 heterocycles. The van der Waals surface area contributed by atoms with Gasteiger partial charge in [-0.05, 0) is 50.5 Å². The van der Waals surface area contributed by atoms with Crippen molar-refractivity contribution in [3.05, 3.63) is 0 Å². The molecule has 3 atom stereocenters. The van der Waals surface area contributed by atoms with Crippen LogP contribution in [0.15, 0.2) is 0 Å². The fourth-order valence-corrected chi connectivity index (χ4v) is 3.29. The standard InChI is InChI=1S/C15H26N2/c1-15(2,3)12-6-5-11(10-16)14(9-12)17(4)13-7-8-13/h11-14H,5-9H2,1-4H3. The first kappa shape index (κ1) is 12.9. The highest BCUT2D eigenvalue weighted by Crippen LogP contribution is 2.43. The van der Waals surface area contributed by atoms with E-state index in [0.717, 1.165) is 18.4 Å². The summed E-state index contributed by atoms with van der Waals surface area (Å²) >= 11 is 0. The zero-order valence-electron chi connectivity index (χ0n) is 11.7. The lowest BCUT2D eigenvalue weighted by Gasteiger charge is -2.43. The number of hydrogen-bond donors (Lipinski definition) is 0. The molecule has 2 aliphatic carbocycles. The van der Waals surface area contributed by atoms with Crippen LogP contribution in [0.5, 0.6) is 0 Å². The molecule has 2 saturated carbocycles. The normalized spacial score (nSPS) is 34.7. The summed E-state index contributed by atoms with van der Waals surface area (Å²) in [5, 5.41) is 9.32. The molecule has 2 rings (SSSR count). The average molecular weight is 234 g/mol. The van der Waals surface area contributed by atoms with Crippen LogP contribution >= 0.6 is 0 Å². The van der Waals surface area contributed by atoms with Gasteiger partial charge in [0.15, 0.2) is 0 Å². The Morgan fingerprint density at radius 2 is 1.76 bits per heavy atom. The Morgan fingerprint density at radius 3 is 2.24 bits per heavy atom. The van der Waals surface area contributed by atoms with E-state index in [1.54, 1.807) is 0 Å². The van der Waals surface area contributed by atoms with Crippen molar-refractivity contribution in [2.24, 2.45) is 17.3 Å². The Kier molecular flexibility index (Phi) is 3.50. The summed E-state index contributed by atoms with van der Waals surface area (Å²) in [5.41, 5.74) is 0.392. The van der Waals surface area contributed by atoms with Crippen molar-refractivity contribution in [1.29, 1.82) is 5.26 Å². The third kappa shape index (κ3) is 2.83. The first-order valence-electron chi connectivity index (χ1n) is 7.05. The monoisotopic (exact) mass is 234 g/mol. The van der Waals surface area contributed by atoms with Gasteiger partial charge in [-0.25, -0.2) is 0 Å². The quantitative estimate of drug-likeness (QED) is 0.732. The van der Waals surface area contributed by atoms with Crippen molar-refractivity contribution in [3.63, 3.8) is 0 Å². The Balaban J connectivity index is 2.06. The van der Waals surface area contributed by atoms with E-state index < -0.39 is 0 Å². The number of nitrogens with zero attached hydrogens (tertiary/aromatic N) is 2. The first-order chi connectivity index (χ1) is 7.93. The van der Waals surface area contributed by atoms with Gasteiger partial charge in [0.2, 0.25) is 0 Å². The summed E-state index contributed by atoms with van der Waals surface area (Å²) in [6, 6.07) is 3.83. The molecule has 2 heteroatoms. The molecule has 0 aromatic rings.